The van der Waals surface area contributed by atoms with Crippen molar-refractivity contribution < 1.29 is 36.1 Å². The number of sulfonamides is 1. The van der Waals surface area contributed by atoms with E-state index >= 15 is 0 Å². The van der Waals surface area contributed by atoms with Gasteiger partial charge in [-0.2, -0.15) is 17.5 Å². The molecule has 1 aromatic rings. The first-order chi connectivity index (χ1) is 12.5. The van der Waals surface area contributed by atoms with Crippen molar-refractivity contribution in [1.29, 1.82) is 0 Å². The zero-order valence-corrected chi connectivity index (χ0v) is 15.3. The van der Waals surface area contributed by atoms with E-state index < -0.39 is 38.5 Å². The van der Waals surface area contributed by atoms with Crippen LogP contribution in [-0.4, -0.2) is 57.3 Å². The van der Waals surface area contributed by atoms with E-state index in [1.807, 2.05) is 0 Å². The number of rotatable bonds is 4. The van der Waals surface area contributed by atoms with Gasteiger partial charge in [0.15, 0.2) is 6.54 Å². The summed E-state index contributed by atoms with van der Waals surface area (Å²) in [5, 5.41) is 0. The molecule has 12 heteroatoms. The van der Waals surface area contributed by atoms with Gasteiger partial charge in [-0.15, -0.1) is 0 Å². The van der Waals surface area contributed by atoms with Crippen LogP contribution in [0.4, 0.5) is 13.2 Å². The maximum atomic E-state index is 13.1. The predicted molar refractivity (Wildman–Crippen MR) is 87.7 cm³/mol. The van der Waals surface area contributed by atoms with E-state index in [9.17, 15) is 31.2 Å². The van der Waals surface area contributed by atoms with Gasteiger partial charge in [-0.3, -0.25) is 20.4 Å². The quantitative estimate of drug-likeness (QED) is 0.542. The molecule has 0 aromatic heterocycles. The monoisotopic (exact) mass is 409 g/mol. The number of carbonyl (C=O) groups is 2. The molecular weight excluding hydrogens is 389 g/mol. The number of quaternary nitrogens is 1. The Morgan fingerprint density at radius 1 is 1.15 bits per heavy atom. The standard InChI is InChI=1S/C15H19F3N4O4S/c1-11(23)19-20-14(24)10-21-6-8-22(9-7-21)27(25,26)13-5-3-2-4-12(13)15(16,17)18/h2-5H,6-10H2,1H3,(H,19,23)(H,20,24)/p+1. The molecule has 0 atom stereocenters. The van der Waals surface area contributed by atoms with Crippen LogP contribution >= 0.6 is 0 Å². The molecule has 8 nitrogen and oxygen atoms in total. The van der Waals surface area contributed by atoms with Gasteiger partial charge >= 0.3 is 6.18 Å². The molecule has 0 radical (unpaired) electrons. The predicted octanol–water partition coefficient (Wildman–Crippen LogP) is -1.24. The number of piperazine rings is 1. The van der Waals surface area contributed by atoms with Gasteiger partial charge in [-0.25, -0.2) is 8.42 Å². The molecule has 1 aliphatic rings. The molecule has 0 spiro atoms. The molecular formula is C15H20F3N4O4S+. The summed E-state index contributed by atoms with van der Waals surface area (Å²) in [5.74, 6) is -0.878. The van der Waals surface area contributed by atoms with E-state index in [4.69, 9.17) is 0 Å². The first-order valence-corrected chi connectivity index (χ1v) is 9.51. The normalized spacial score (nSPS) is 16.7. The molecule has 1 aromatic carbocycles. The topological polar surface area (TPSA) is 100 Å². The summed E-state index contributed by atoms with van der Waals surface area (Å²) in [6.45, 7) is 1.71. The van der Waals surface area contributed by atoms with Gasteiger partial charge in [0, 0.05) is 6.92 Å². The van der Waals surface area contributed by atoms with Crippen LogP contribution in [0.2, 0.25) is 0 Å². The van der Waals surface area contributed by atoms with Crippen molar-refractivity contribution in [2.45, 2.75) is 18.0 Å². The number of nitrogens with zero attached hydrogens (tertiary/aromatic N) is 1. The Balaban J connectivity index is 2.04. The van der Waals surface area contributed by atoms with Crippen molar-refractivity contribution in [2.24, 2.45) is 0 Å². The minimum atomic E-state index is -4.78. The highest BCUT2D eigenvalue weighted by Gasteiger charge is 2.40. The second-order valence-corrected chi connectivity index (χ2v) is 7.96. The lowest BCUT2D eigenvalue weighted by molar-refractivity contribution is -0.895. The fourth-order valence-electron chi connectivity index (χ4n) is 2.71. The van der Waals surface area contributed by atoms with E-state index in [2.05, 4.69) is 10.9 Å². The summed E-state index contributed by atoms with van der Waals surface area (Å²) in [7, 11) is -4.31. The van der Waals surface area contributed by atoms with Crippen molar-refractivity contribution in [1.82, 2.24) is 15.2 Å². The van der Waals surface area contributed by atoms with Crippen LogP contribution in [0.1, 0.15) is 12.5 Å². The maximum Gasteiger partial charge on any atom is 0.417 e. The fourth-order valence-corrected chi connectivity index (χ4v) is 4.37. The van der Waals surface area contributed by atoms with Crippen LogP contribution in [0.3, 0.4) is 0 Å². The van der Waals surface area contributed by atoms with E-state index in [1.54, 1.807) is 0 Å². The van der Waals surface area contributed by atoms with Gasteiger partial charge in [-0.1, -0.05) is 12.1 Å². The Morgan fingerprint density at radius 2 is 1.74 bits per heavy atom. The molecule has 27 heavy (non-hydrogen) atoms. The number of halogens is 3. The summed E-state index contributed by atoms with van der Waals surface area (Å²) in [5.41, 5.74) is 3.15. The highest BCUT2D eigenvalue weighted by Crippen LogP contribution is 2.35. The average Bonchev–Trinajstić information content (AvgIpc) is 2.60. The van der Waals surface area contributed by atoms with Gasteiger partial charge in [0.2, 0.25) is 15.9 Å². The highest BCUT2D eigenvalue weighted by molar-refractivity contribution is 7.89. The van der Waals surface area contributed by atoms with Crippen LogP contribution in [0, 0.1) is 0 Å². The molecule has 1 heterocycles. The summed E-state index contributed by atoms with van der Waals surface area (Å²) in [6.07, 6.45) is -4.78. The van der Waals surface area contributed by atoms with Gasteiger partial charge < -0.3 is 4.90 Å². The van der Waals surface area contributed by atoms with Crippen LogP contribution in [0.25, 0.3) is 0 Å². The van der Waals surface area contributed by atoms with E-state index in [0.29, 0.717) is 0 Å². The van der Waals surface area contributed by atoms with Crippen molar-refractivity contribution in [3.05, 3.63) is 29.8 Å². The fraction of sp³-hybridized carbons (Fsp3) is 0.467. The van der Waals surface area contributed by atoms with Crippen LogP contribution in [0.5, 0.6) is 0 Å². The third-order valence-corrected chi connectivity index (χ3v) is 5.99. The first-order valence-electron chi connectivity index (χ1n) is 8.07. The SMILES string of the molecule is CC(=O)NNC(=O)C[NH+]1CCN(S(=O)(=O)c2ccccc2C(F)(F)F)CC1. The van der Waals surface area contributed by atoms with Gasteiger partial charge in [0.05, 0.1) is 36.6 Å². The second-order valence-electron chi connectivity index (χ2n) is 6.05. The second kappa shape index (κ2) is 8.23. The minimum Gasteiger partial charge on any atom is -0.325 e. The molecule has 2 rings (SSSR count). The smallest absolute Gasteiger partial charge is 0.325 e. The minimum absolute atomic E-state index is 0.00725. The van der Waals surface area contributed by atoms with E-state index in [1.165, 1.54) is 13.0 Å². The molecule has 0 aliphatic carbocycles. The van der Waals surface area contributed by atoms with Crippen LogP contribution in [-0.2, 0) is 25.8 Å². The maximum absolute atomic E-state index is 13.1. The molecule has 2 amide bonds. The number of hydrogen-bond acceptors (Lipinski definition) is 4. The average molecular weight is 409 g/mol. The molecule has 1 aliphatic heterocycles. The molecule has 0 bridgehead atoms. The van der Waals surface area contributed by atoms with Crippen molar-refractivity contribution in [2.75, 3.05) is 32.7 Å². The molecule has 0 saturated carbocycles. The number of carbonyl (C=O) groups excluding carboxylic acids is 2. The Morgan fingerprint density at radius 3 is 2.30 bits per heavy atom. The number of hydrogen-bond donors (Lipinski definition) is 3. The van der Waals surface area contributed by atoms with Crippen molar-refractivity contribution >= 4 is 21.8 Å². The number of alkyl halides is 3. The Bertz CT molecular complexity index is 806. The van der Waals surface area contributed by atoms with Crippen LogP contribution in [0.15, 0.2) is 29.2 Å². The highest BCUT2D eigenvalue weighted by atomic mass is 32.2. The summed E-state index contributed by atoms with van der Waals surface area (Å²) in [4.78, 5) is 22.4. The number of benzene rings is 1. The third-order valence-electron chi connectivity index (χ3n) is 4.03. The summed E-state index contributed by atoms with van der Waals surface area (Å²) < 4.78 is 65.7. The Kier molecular flexibility index (Phi) is 6.44. The molecule has 150 valence electrons. The molecule has 1 fully saturated rings. The van der Waals surface area contributed by atoms with Crippen molar-refractivity contribution in [3.63, 3.8) is 0 Å². The largest absolute Gasteiger partial charge is 0.417 e. The number of amides is 2. The number of nitrogens with one attached hydrogen (secondary N) is 3. The Hall–Kier alpha value is -2.18. The van der Waals surface area contributed by atoms with Crippen LogP contribution < -0.4 is 15.8 Å². The van der Waals surface area contributed by atoms with Crippen molar-refractivity contribution in [3.8, 4) is 0 Å². The summed E-state index contributed by atoms with van der Waals surface area (Å²) in [6, 6.07) is 4.06. The van der Waals surface area contributed by atoms with E-state index in [-0.39, 0.29) is 32.7 Å². The Labute approximate surface area is 154 Å². The summed E-state index contributed by atoms with van der Waals surface area (Å²) >= 11 is 0. The van der Waals surface area contributed by atoms with Gasteiger partial charge in [0.25, 0.3) is 5.91 Å². The van der Waals surface area contributed by atoms with Gasteiger partial charge in [-0.05, 0) is 12.1 Å². The lowest BCUT2D eigenvalue weighted by Gasteiger charge is -2.31. The molecule has 3 N–H and O–H groups in total. The van der Waals surface area contributed by atoms with Gasteiger partial charge in [0.1, 0.15) is 0 Å². The third kappa shape index (κ3) is 5.40. The molecule has 0 unspecified atom stereocenters. The zero-order valence-electron chi connectivity index (χ0n) is 14.5. The van der Waals surface area contributed by atoms with E-state index in [0.717, 1.165) is 27.4 Å². The number of hydrazine groups is 1. The molecule has 1 saturated heterocycles. The zero-order chi connectivity index (χ0) is 20.2. The lowest BCUT2D eigenvalue weighted by atomic mass is 10.2. The first kappa shape index (κ1) is 21.1. The lowest BCUT2D eigenvalue weighted by Crippen LogP contribution is -3.16.